The number of methoxy groups -OCH3 is 1. The Balaban J connectivity index is 2.59. The molecule has 3 nitrogen and oxygen atoms in total. The van der Waals surface area contributed by atoms with Crippen LogP contribution in [0.5, 0.6) is 0 Å². The molecule has 0 aliphatic rings. The lowest BCUT2D eigenvalue weighted by Gasteiger charge is -2.09. The Morgan fingerprint density at radius 2 is 2.38 bits per heavy atom. The fourth-order valence-corrected chi connectivity index (χ4v) is 2.35. The molecule has 0 bridgehead atoms. The molecule has 1 rings (SSSR count). The number of halogens is 1. The highest BCUT2D eigenvalue weighted by molar-refractivity contribution is 9.10. The molecule has 0 aliphatic heterocycles. The number of hydrogen-bond donors (Lipinski definition) is 0. The number of carbonyl (C=O) groups is 1. The molecule has 0 amide bonds. The van der Waals surface area contributed by atoms with Gasteiger partial charge in [-0.05, 0) is 34.5 Å². The van der Waals surface area contributed by atoms with Crippen molar-refractivity contribution in [3.8, 4) is 0 Å². The van der Waals surface area contributed by atoms with E-state index in [0.717, 1.165) is 15.1 Å². The van der Waals surface area contributed by atoms with Crippen molar-refractivity contribution in [2.75, 3.05) is 7.11 Å². The zero-order valence-electron chi connectivity index (χ0n) is 9.49. The Bertz CT molecular complexity index is 384. The van der Waals surface area contributed by atoms with Gasteiger partial charge in [-0.15, -0.1) is 11.8 Å². The van der Waals surface area contributed by atoms with Crippen molar-refractivity contribution in [2.24, 2.45) is 0 Å². The lowest BCUT2D eigenvalue weighted by Crippen LogP contribution is -2.08. The summed E-state index contributed by atoms with van der Waals surface area (Å²) in [4.78, 5) is 15.3. The van der Waals surface area contributed by atoms with E-state index < -0.39 is 0 Å². The van der Waals surface area contributed by atoms with E-state index in [1.54, 1.807) is 18.0 Å². The highest BCUT2D eigenvalue weighted by Crippen LogP contribution is 2.26. The molecule has 88 valence electrons. The van der Waals surface area contributed by atoms with E-state index in [9.17, 15) is 4.79 Å². The maximum atomic E-state index is 11.1. The monoisotopic (exact) mass is 303 g/mol. The van der Waals surface area contributed by atoms with Crippen LogP contribution in [0.4, 0.5) is 0 Å². The summed E-state index contributed by atoms with van der Waals surface area (Å²) in [5, 5.41) is 1.10. The third-order valence-electron chi connectivity index (χ3n) is 2.03. The zero-order chi connectivity index (χ0) is 12.1. The number of rotatable bonds is 4. The van der Waals surface area contributed by atoms with Crippen molar-refractivity contribution >= 4 is 33.7 Å². The third kappa shape index (κ3) is 4.14. The fourth-order valence-electron chi connectivity index (χ4n) is 1.14. The molecule has 0 radical (unpaired) electrons. The summed E-state index contributed by atoms with van der Waals surface area (Å²) in [6.07, 6.45) is 2.18. The molecule has 0 aliphatic carbocycles. The number of nitrogens with zero attached hydrogens (tertiary/aromatic N) is 1. The largest absolute Gasteiger partial charge is 0.469 e. The van der Waals surface area contributed by atoms with Gasteiger partial charge in [0.25, 0.3) is 0 Å². The number of aryl methyl sites for hydroxylation is 1. The van der Waals surface area contributed by atoms with E-state index in [1.807, 2.05) is 19.9 Å². The topological polar surface area (TPSA) is 39.2 Å². The number of ether oxygens (including phenoxy) is 1. The quantitative estimate of drug-likeness (QED) is 0.632. The summed E-state index contributed by atoms with van der Waals surface area (Å²) < 4.78 is 5.62. The normalized spacial score (nSPS) is 12.2. The van der Waals surface area contributed by atoms with E-state index in [4.69, 9.17) is 0 Å². The van der Waals surface area contributed by atoms with Gasteiger partial charge in [0.15, 0.2) is 0 Å². The summed E-state index contributed by atoms with van der Waals surface area (Å²) in [6, 6.07) is 2.00. The van der Waals surface area contributed by atoms with Gasteiger partial charge in [0, 0.05) is 15.9 Å². The average molecular weight is 304 g/mol. The van der Waals surface area contributed by atoms with E-state index in [-0.39, 0.29) is 11.2 Å². The summed E-state index contributed by atoms with van der Waals surface area (Å²) >= 11 is 4.98. The minimum atomic E-state index is -0.186. The van der Waals surface area contributed by atoms with Crippen LogP contribution in [-0.2, 0) is 9.53 Å². The van der Waals surface area contributed by atoms with E-state index >= 15 is 0 Å². The maximum Gasteiger partial charge on any atom is 0.306 e. The molecule has 0 fully saturated rings. The number of hydrogen-bond acceptors (Lipinski definition) is 4. The van der Waals surface area contributed by atoms with E-state index in [0.29, 0.717) is 6.42 Å². The van der Waals surface area contributed by atoms with Crippen LogP contribution in [0.25, 0.3) is 0 Å². The second-order valence-corrected chi connectivity index (χ2v) is 5.79. The molecule has 1 aromatic rings. The molecule has 1 aromatic heterocycles. The molecular weight excluding hydrogens is 290 g/mol. The van der Waals surface area contributed by atoms with Gasteiger partial charge >= 0.3 is 5.97 Å². The van der Waals surface area contributed by atoms with Crippen LogP contribution < -0.4 is 0 Å². The summed E-state index contributed by atoms with van der Waals surface area (Å²) in [6.45, 7) is 4.00. The SMILES string of the molecule is COC(=O)CC(C)Sc1cc(C)c(Br)cn1. The lowest BCUT2D eigenvalue weighted by molar-refractivity contribution is -0.140. The van der Waals surface area contributed by atoms with Gasteiger partial charge < -0.3 is 4.74 Å². The second-order valence-electron chi connectivity index (χ2n) is 3.48. The first-order chi connectivity index (χ1) is 7.52. The number of thioether (sulfide) groups is 1. The Labute approximate surface area is 108 Å². The Morgan fingerprint density at radius 3 is 2.94 bits per heavy atom. The first-order valence-electron chi connectivity index (χ1n) is 4.88. The van der Waals surface area contributed by atoms with Gasteiger partial charge in [-0.1, -0.05) is 6.92 Å². The molecule has 0 N–H and O–H groups in total. The first kappa shape index (κ1) is 13.5. The van der Waals surface area contributed by atoms with Crippen LogP contribution in [0.15, 0.2) is 21.8 Å². The molecule has 0 aromatic carbocycles. The van der Waals surface area contributed by atoms with Crippen LogP contribution in [-0.4, -0.2) is 23.3 Å². The van der Waals surface area contributed by atoms with Crippen molar-refractivity contribution in [1.29, 1.82) is 0 Å². The highest BCUT2D eigenvalue weighted by atomic mass is 79.9. The smallest absolute Gasteiger partial charge is 0.306 e. The van der Waals surface area contributed by atoms with Crippen LogP contribution >= 0.6 is 27.7 Å². The lowest BCUT2D eigenvalue weighted by atomic mass is 10.3. The van der Waals surface area contributed by atoms with Gasteiger partial charge in [-0.2, -0.15) is 0 Å². The molecule has 0 spiro atoms. The predicted molar refractivity (Wildman–Crippen MR) is 68.6 cm³/mol. The maximum absolute atomic E-state index is 11.1. The van der Waals surface area contributed by atoms with Crippen molar-refractivity contribution in [2.45, 2.75) is 30.5 Å². The fraction of sp³-hybridized carbons (Fsp3) is 0.455. The molecule has 1 atom stereocenters. The summed E-state index contributed by atoms with van der Waals surface area (Å²) in [5.41, 5.74) is 1.14. The first-order valence-corrected chi connectivity index (χ1v) is 6.55. The van der Waals surface area contributed by atoms with Crippen LogP contribution in [0.3, 0.4) is 0 Å². The van der Waals surface area contributed by atoms with Gasteiger partial charge in [0.1, 0.15) is 0 Å². The molecule has 5 heteroatoms. The van der Waals surface area contributed by atoms with Crippen LogP contribution in [0, 0.1) is 6.92 Å². The van der Waals surface area contributed by atoms with Gasteiger partial charge in [-0.25, -0.2) is 4.98 Å². The molecular formula is C11H14BrNO2S. The summed E-state index contributed by atoms with van der Waals surface area (Å²) in [5.74, 6) is -0.186. The Morgan fingerprint density at radius 1 is 1.69 bits per heavy atom. The second kappa shape index (κ2) is 6.25. The molecule has 1 heterocycles. The number of aromatic nitrogens is 1. The third-order valence-corrected chi connectivity index (χ3v) is 3.89. The van der Waals surface area contributed by atoms with Gasteiger partial charge in [0.2, 0.25) is 0 Å². The van der Waals surface area contributed by atoms with Crippen molar-refractivity contribution in [3.05, 3.63) is 22.3 Å². The Kier molecular flexibility index (Phi) is 5.28. The molecule has 0 saturated carbocycles. The molecule has 1 unspecified atom stereocenters. The van der Waals surface area contributed by atoms with Gasteiger partial charge in [-0.3, -0.25) is 4.79 Å². The van der Waals surface area contributed by atoms with Crippen molar-refractivity contribution < 1.29 is 9.53 Å². The molecule has 0 saturated heterocycles. The minimum absolute atomic E-state index is 0.167. The van der Waals surface area contributed by atoms with E-state index in [2.05, 4.69) is 25.7 Å². The summed E-state index contributed by atoms with van der Waals surface area (Å²) in [7, 11) is 1.40. The molecule has 16 heavy (non-hydrogen) atoms. The van der Waals surface area contributed by atoms with Crippen LogP contribution in [0.1, 0.15) is 18.9 Å². The Hall–Kier alpha value is -0.550. The van der Waals surface area contributed by atoms with Crippen LogP contribution in [0.2, 0.25) is 0 Å². The minimum Gasteiger partial charge on any atom is -0.469 e. The number of pyridine rings is 1. The van der Waals surface area contributed by atoms with Crippen molar-refractivity contribution in [1.82, 2.24) is 4.98 Å². The number of esters is 1. The highest BCUT2D eigenvalue weighted by Gasteiger charge is 2.11. The van der Waals surface area contributed by atoms with E-state index in [1.165, 1.54) is 7.11 Å². The van der Waals surface area contributed by atoms with Crippen molar-refractivity contribution in [3.63, 3.8) is 0 Å². The predicted octanol–water partition coefficient (Wildman–Crippen LogP) is 3.20. The standard InChI is InChI=1S/C11H14BrNO2S/c1-7-4-10(13-6-9(7)12)16-8(2)5-11(14)15-3/h4,6,8H,5H2,1-3H3. The zero-order valence-corrected chi connectivity index (χ0v) is 11.9. The number of carbonyl (C=O) groups excluding carboxylic acids is 1. The average Bonchev–Trinajstić information content (AvgIpc) is 2.23. The van der Waals surface area contributed by atoms with Gasteiger partial charge in [0.05, 0.1) is 18.6 Å².